The van der Waals surface area contributed by atoms with Crippen LogP contribution in [-0.4, -0.2) is 38.7 Å². The van der Waals surface area contributed by atoms with E-state index < -0.39 is 11.8 Å². The molecular formula is C20H24N2O4S. The molecule has 1 fully saturated rings. The monoisotopic (exact) mass is 388 g/mol. The molecule has 0 bridgehead atoms. The van der Waals surface area contributed by atoms with Crippen molar-refractivity contribution in [3.05, 3.63) is 52.2 Å². The lowest BCUT2D eigenvalue weighted by Gasteiger charge is -2.38. The number of carbonyl (C=O) groups is 2. The molecule has 2 N–H and O–H groups in total. The van der Waals surface area contributed by atoms with Gasteiger partial charge in [0, 0.05) is 35.6 Å². The number of nitrogens with one attached hydrogen (secondary N) is 2. The van der Waals surface area contributed by atoms with Crippen molar-refractivity contribution in [1.29, 1.82) is 0 Å². The van der Waals surface area contributed by atoms with Crippen molar-refractivity contribution in [2.75, 3.05) is 26.9 Å². The highest BCUT2D eigenvalue weighted by Crippen LogP contribution is 2.39. The van der Waals surface area contributed by atoms with E-state index >= 15 is 0 Å². The Kier molecular flexibility index (Phi) is 6.47. The van der Waals surface area contributed by atoms with Crippen LogP contribution in [0.5, 0.6) is 5.75 Å². The van der Waals surface area contributed by atoms with Crippen molar-refractivity contribution in [1.82, 2.24) is 10.6 Å². The Morgan fingerprint density at radius 1 is 1.11 bits per heavy atom. The Balaban J connectivity index is 1.66. The maximum Gasteiger partial charge on any atom is 0.309 e. The molecule has 0 saturated carbocycles. The molecule has 1 aromatic heterocycles. The molecule has 0 aliphatic carbocycles. The first-order valence-corrected chi connectivity index (χ1v) is 9.82. The summed E-state index contributed by atoms with van der Waals surface area (Å²) >= 11 is 1.54. The molecule has 2 aromatic rings. The molecule has 1 saturated heterocycles. The number of thiophene rings is 1. The molecule has 0 atom stereocenters. The molecule has 2 amide bonds. The number of benzene rings is 1. The number of para-hydroxylation sites is 1. The normalized spacial score (nSPS) is 15.7. The van der Waals surface area contributed by atoms with Gasteiger partial charge in [0.2, 0.25) is 0 Å². The van der Waals surface area contributed by atoms with E-state index in [4.69, 9.17) is 9.47 Å². The van der Waals surface area contributed by atoms with Gasteiger partial charge in [-0.3, -0.25) is 9.59 Å². The molecule has 1 aromatic carbocycles. The van der Waals surface area contributed by atoms with Crippen molar-refractivity contribution < 1.29 is 19.1 Å². The predicted molar refractivity (Wildman–Crippen MR) is 104 cm³/mol. The third kappa shape index (κ3) is 4.67. The molecule has 0 spiro atoms. The maximum absolute atomic E-state index is 12.3. The Hall–Kier alpha value is -2.38. The van der Waals surface area contributed by atoms with Crippen LogP contribution in [0.2, 0.25) is 0 Å². The third-order valence-electron chi connectivity index (χ3n) is 4.93. The molecule has 0 radical (unpaired) electrons. The molecule has 0 unspecified atom stereocenters. The summed E-state index contributed by atoms with van der Waals surface area (Å²) in [5, 5.41) is 7.41. The van der Waals surface area contributed by atoms with E-state index in [2.05, 4.69) is 10.6 Å². The van der Waals surface area contributed by atoms with Gasteiger partial charge >= 0.3 is 11.8 Å². The van der Waals surface area contributed by atoms with Gasteiger partial charge in [-0.1, -0.05) is 24.3 Å². The van der Waals surface area contributed by atoms with Crippen LogP contribution in [0, 0.1) is 0 Å². The number of ether oxygens (including phenoxy) is 2. The van der Waals surface area contributed by atoms with E-state index in [1.807, 2.05) is 41.8 Å². The van der Waals surface area contributed by atoms with Gasteiger partial charge in [0.1, 0.15) is 5.75 Å². The SMILES string of the molecule is COc1ccccc1C1(CNC(=O)C(=O)NCc2cccs2)CCOCC1. The molecule has 1 aliphatic heterocycles. The average molecular weight is 388 g/mol. The Bertz CT molecular complexity index is 770. The second-order valence-corrected chi connectivity index (χ2v) is 7.57. The molecule has 7 heteroatoms. The van der Waals surface area contributed by atoms with Crippen molar-refractivity contribution in [3.63, 3.8) is 0 Å². The minimum atomic E-state index is -0.620. The van der Waals surface area contributed by atoms with Crippen LogP contribution >= 0.6 is 11.3 Å². The number of carbonyl (C=O) groups excluding carboxylic acids is 2. The molecule has 27 heavy (non-hydrogen) atoms. The van der Waals surface area contributed by atoms with Crippen LogP contribution in [0.25, 0.3) is 0 Å². The summed E-state index contributed by atoms with van der Waals surface area (Å²) < 4.78 is 11.0. The number of methoxy groups -OCH3 is 1. The molecule has 2 heterocycles. The van der Waals surface area contributed by atoms with E-state index in [0.717, 1.165) is 29.0 Å². The van der Waals surface area contributed by atoms with Gasteiger partial charge in [-0.25, -0.2) is 0 Å². The number of hydrogen-bond acceptors (Lipinski definition) is 5. The minimum absolute atomic E-state index is 0.311. The van der Waals surface area contributed by atoms with E-state index in [0.29, 0.717) is 26.3 Å². The van der Waals surface area contributed by atoms with Gasteiger partial charge in [-0.2, -0.15) is 0 Å². The highest BCUT2D eigenvalue weighted by atomic mass is 32.1. The fourth-order valence-electron chi connectivity index (χ4n) is 3.38. The Morgan fingerprint density at radius 2 is 1.85 bits per heavy atom. The molecular weight excluding hydrogens is 364 g/mol. The second-order valence-electron chi connectivity index (χ2n) is 6.54. The quantitative estimate of drug-likeness (QED) is 0.744. The van der Waals surface area contributed by atoms with Crippen molar-refractivity contribution in [2.24, 2.45) is 0 Å². The topological polar surface area (TPSA) is 76.7 Å². The van der Waals surface area contributed by atoms with Crippen LogP contribution in [0.3, 0.4) is 0 Å². The van der Waals surface area contributed by atoms with Crippen molar-refractivity contribution >= 4 is 23.2 Å². The van der Waals surface area contributed by atoms with E-state index in [9.17, 15) is 9.59 Å². The lowest BCUT2D eigenvalue weighted by Crippen LogP contribution is -2.48. The maximum atomic E-state index is 12.3. The van der Waals surface area contributed by atoms with Crippen LogP contribution < -0.4 is 15.4 Å². The first-order valence-electron chi connectivity index (χ1n) is 8.94. The summed E-state index contributed by atoms with van der Waals surface area (Å²) in [5.41, 5.74) is 0.726. The van der Waals surface area contributed by atoms with Gasteiger partial charge in [-0.05, 0) is 30.4 Å². The zero-order chi connectivity index (χ0) is 19.1. The molecule has 3 rings (SSSR count). The standard InChI is InChI=1S/C20H24N2O4S/c1-25-17-7-3-2-6-16(17)20(8-10-26-11-9-20)14-22-19(24)18(23)21-13-15-5-4-12-27-15/h2-7,12H,8-11,13-14H2,1H3,(H,21,23)(H,22,24). The van der Waals surface area contributed by atoms with Gasteiger partial charge in [0.15, 0.2) is 0 Å². The van der Waals surface area contributed by atoms with Crippen LogP contribution in [0.1, 0.15) is 23.3 Å². The van der Waals surface area contributed by atoms with Crippen LogP contribution in [0.15, 0.2) is 41.8 Å². The summed E-state index contributed by atoms with van der Waals surface area (Å²) in [6.45, 7) is 1.94. The highest BCUT2D eigenvalue weighted by molar-refractivity contribution is 7.09. The van der Waals surface area contributed by atoms with Crippen LogP contribution in [0.4, 0.5) is 0 Å². The number of hydrogen-bond donors (Lipinski definition) is 2. The van der Waals surface area contributed by atoms with Gasteiger partial charge in [-0.15, -0.1) is 11.3 Å². The van der Waals surface area contributed by atoms with Gasteiger partial charge in [0.05, 0.1) is 13.7 Å². The highest BCUT2D eigenvalue weighted by Gasteiger charge is 2.37. The smallest absolute Gasteiger partial charge is 0.309 e. The van der Waals surface area contributed by atoms with Crippen molar-refractivity contribution in [3.8, 4) is 5.75 Å². The fraction of sp³-hybridized carbons (Fsp3) is 0.400. The Morgan fingerprint density at radius 3 is 2.56 bits per heavy atom. The summed E-state index contributed by atoms with van der Waals surface area (Å²) in [7, 11) is 1.64. The number of rotatable bonds is 6. The Labute approximate surface area is 162 Å². The summed E-state index contributed by atoms with van der Waals surface area (Å²) in [4.78, 5) is 25.4. The van der Waals surface area contributed by atoms with E-state index in [-0.39, 0.29) is 5.41 Å². The lowest BCUT2D eigenvalue weighted by molar-refractivity contribution is -0.139. The summed E-state index contributed by atoms with van der Waals surface area (Å²) in [6.07, 6.45) is 1.51. The van der Waals surface area contributed by atoms with Gasteiger partial charge < -0.3 is 20.1 Å². The lowest BCUT2D eigenvalue weighted by atomic mass is 9.73. The first-order chi connectivity index (χ1) is 13.1. The van der Waals surface area contributed by atoms with Crippen LogP contribution in [-0.2, 0) is 26.3 Å². The van der Waals surface area contributed by atoms with E-state index in [1.54, 1.807) is 7.11 Å². The molecule has 144 valence electrons. The summed E-state index contributed by atoms with van der Waals surface area (Å²) in [6, 6.07) is 11.7. The minimum Gasteiger partial charge on any atom is -0.496 e. The van der Waals surface area contributed by atoms with E-state index in [1.165, 1.54) is 11.3 Å². The summed E-state index contributed by atoms with van der Waals surface area (Å²) in [5.74, 6) is -0.450. The largest absolute Gasteiger partial charge is 0.496 e. The second kappa shape index (κ2) is 9.01. The average Bonchev–Trinajstić information content (AvgIpc) is 3.24. The molecule has 6 nitrogen and oxygen atoms in total. The molecule has 1 aliphatic rings. The first kappa shape index (κ1) is 19.4. The number of amides is 2. The zero-order valence-corrected chi connectivity index (χ0v) is 16.1. The zero-order valence-electron chi connectivity index (χ0n) is 15.3. The van der Waals surface area contributed by atoms with Gasteiger partial charge in [0.25, 0.3) is 0 Å². The predicted octanol–water partition coefficient (Wildman–Crippen LogP) is 2.24. The third-order valence-corrected chi connectivity index (χ3v) is 5.80. The fourth-order valence-corrected chi connectivity index (χ4v) is 4.02. The van der Waals surface area contributed by atoms with Crippen molar-refractivity contribution in [2.45, 2.75) is 24.8 Å².